The smallest absolute Gasteiger partial charge is 0.407 e. The standard InChI is InChI=1S/C29H34N2O4/c1-3-34-29(33)31-23-12-13-24-21(15-23)16-26-27(18(2)35-28(26)32)25(24)14-11-22-10-9-20(17-30-22)19-7-5-4-6-8-19/h4-11,14,17-18,21,23-27H,3,12-13,15-16H2,1-2H3,(H,31,33)/b14-11+/t18-,21+,23-,24-,25?,26-,27+/m1/s1. The fourth-order valence-corrected chi connectivity index (χ4v) is 6.60. The highest BCUT2D eigenvalue weighted by atomic mass is 16.6. The normalized spacial score (nSPS) is 31.9. The number of nitrogens with zero attached hydrogens (tertiary/aromatic N) is 1. The molecule has 35 heavy (non-hydrogen) atoms. The Balaban J connectivity index is 1.34. The third-order valence-corrected chi connectivity index (χ3v) is 8.13. The van der Waals surface area contributed by atoms with Gasteiger partial charge in [-0.25, -0.2) is 4.79 Å². The number of esters is 1. The highest BCUT2D eigenvalue weighted by Crippen LogP contribution is 2.53. The van der Waals surface area contributed by atoms with Gasteiger partial charge in [0.15, 0.2) is 0 Å². The van der Waals surface area contributed by atoms with Crippen LogP contribution in [0, 0.1) is 29.6 Å². The molecule has 3 aliphatic rings. The summed E-state index contributed by atoms with van der Waals surface area (Å²) in [7, 11) is 0. The molecule has 2 aromatic rings. The van der Waals surface area contributed by atoms with Crippen LogP contribution < -0.4 is 5.32 Å². The SMILES string of the molecule is CCOC(=O)N[C@@H]1CC[C@H]2C(/C=C/c3ccc(-c4ccccc4)cn3)[C@@H]3[C@@H](C)OC(=O)[C@@H]3C[C@@H]2C1. The number of ether oxygens (including phenoxy) is 2. The maximum absolute atomic E-state index is 12.7. The first kappa shape index (κ1) is 23.6. The van der Waals surface area contributed by atoms with E-state index in [1.165, 1.54) is 0 Å². The first-order valence-corrected chi connectivity index (χ1v) is 12.9. The summed E-state index contributed by atoms with van der Waals surface area (Å²) in [6.45, 7) is 4.21. The third-order valence-electron chi connectivity index (χ3n) is 8.13. The summed E-state index contributed by atoms with van der Waals surface area (Å²) < 4.78 is 10.8. The lowest BCUT2D eigenvalue weighted by Gasteiger charge is -2.47. The molecule has 1 saturated heterocycles. The summed E-state index contributed by atoms with van der Waals surface area (Å²) in [5.74, 6) is 1.14. The molecule has 6 heteroatoms. The predicted octanol–water partition coefficient (Wildman–Crippen LogP) is 5.49. The lowest BCUT2D eigenvalue weighted by atomic mass is 9.57. The third kappa shape index (κ3) is 4.97. The maximum atomic E-state index is 12.7. The molecular weight excluding hydrogens is 440 g/mol. The van der Waals surface area contributed by atoms with Gasteiger partial charge in [-0.3, -0.25) is 9.78 Å². The van der Waals surface area contributed by atoms with Gasteiger partial charge in [0, 0.05) is 23.7 Å². The van der Waals surface area contributed by atoms with E-state index in [4.69, 9.17) is 9.47 Å². The number of hydrogen-bond acceptors (Lipinski definition) is 5. The average molecular weight is 475 g/mol. The average Bonchev–Trinajstić information content (AvgIpc) is 3.15. The van der Waals surface area contributed by atoms with E-state index in [2.05, 4.69) is 46.7 Å². The summed E-state index contributed by atoms with van der Waals surface area (Å²) in [5.41, 5.74) is 3.16. The van der Waals surface area contributed by atoms with Crippen molar-refractivity contribution in [3.8, 4) is 11.1 Å². The van der Waals surface area contributed by atoms with Crippen molar-refractivity contribution in [1.82, 2.24) is 10.3 Å². The molecule has 2 saturated carbocycles. The monoisotopic (exact) mass is 474 g/mol. The number of carbonyl (C=O) groups is 2. The number of benzene rings is 1. The van der Waals surface area contributed by atoms with Gasteiger partial charge in [0.1, 0.15) is 6.10 Å². The van der Waals surface area contributed by atoms with E-state index in [0.29, 0.717) is 18.4 Å². The zero-order valence-corrected chi connectivity index (χ0v) is 20.4. The molecule has 1 unspecified atom stereocenters. The number of allylic oxidation sites excluding steroid dienone is 1. The van der Waals surface area contributed by atoms with E-state index in [1.807, 2.05) is 38.2 Å². The number of aromatic nitrogens is 1. The number of alkyl carbamates (subject to hydrolysis) is 1. The van der Waals surface area contributed by atoms with E-state index in [-0.39, 0.29) is 42.0 Å². The van der Waals surface area contributed by atoms with Gasteiger partial charge >= 0.3 is 12.1 Å². The summed E-state index contributed by atoms with van der Waals surface area (Å²) >= 11 is 0. The zero-order valence-electron chi connectivity index (χ0n) is 20.4. The van der Waals surface area contributed by atoms with Gasteiger partial charge in [-0.05, 0) is 75.0 Å². The number of nitrogens with one attached hydrogen (secondary N) is 1. The fraction of sp³-hybridized carbons (Fsp3) is 0.483. The molecule has 1 N–H and O–H groups in total. The Hall–Kier alpha value is -3.15. The van der Waals surface area contributed by atoms with Crippen molar-refractivity contribution in [2.45, 2.75) is 51.7 Å². The van der Waals surface area contributed by atoms with E-state index < -0.39 is 0 Å². The highest BCUT2D eigenvalue weighted by molar-refractivity contribution is 5.75. The number of pyridine rings is 1. The van der Waals surface area contributed by atoms with Crippen LogP contribution in [0.4, 0.5) is 4.79 Å². The van der Waals surface area contributed by atoms with Crippen LogP contribution in [0.5, 0.6) is 0 Å². The Kier molecular flexibility index (Phi) is 6.89. The molecule has 2 aliphatic carbocycles. The van der Waals surface area contributed by atoms with E-state index in [9.17, 15) is 9.59 Å². The Bertz CT molecular complexity index is 1070. The van der Waals surface area contributed by atoms with Crippen LogP contribution in [0.3, 0.4) is 0 Å². The first-order valence-electron chi connectivity index (χ1n) is 12.9. The van der Waals surface area contributed by atoms with Crippen LogP contribution in [0.2, 0.25) is 0 Å². The Morgan fingerprint density at radius 3 is 2.71 bits per heavy atom. The van der Waals surface area contributed by atoms with Crippen molar-refractivity contribution in [2.24, 2.45) is 29.6 Å². The van der Waals surface area contributed by atoms with Gasteiger partial charge in [0.05, 0.1) is 18.2 Å². The fourth-order valence-electron chi connectivity index (χ4n) is 6.60. The highest BCUT2D eigenvalue weighted by Gasteiger charge is 2.54. The number of rotatable bonds is 5. The van der Waals surface area contributed by atoms with E-state index >= 15 is 0 Å². The van der Waals surface area contributed by atoms with Gasteiger partial charge in [-0.2, -0.15) is 0 Å². The number of amides is 1. The summed E-state index contributed by atoms with van der Waals surface area (Å²) in [4.78, 5) is 29.3. The quantitative estimate of drug-likeness (QED) is 0.580. The second-order valence-electron chi connectivity index (χ2n) is 10.1. The lowest BCUT2D eigenvalue weighted by molar-refractivity contribution is -0.144. The largest absolute Gasteiger partial charge is 0.462 e. The van der Waals surface area contributed by atoms with E-state index in [1.54, 1.807) is 0 Å². The van der Waals surface area contributed by atoms with Gasteiger partial charge in [0.25, 0.3) is 0 Å². The molecule has 3 fully saturated rings. The predicted molar refractivity (Wildman–Crippen MR) is 134 cm³/mol. The van der Waals surface area contributed by atoms with Crippen LogP contribution >= 0.6 is 0 Å². The van der Waals surface area contributed by atoms with Gasteiger partial charge < -0.3 is 14.8 Å². The number of carbonyl (C=O) groups excluding carboxylic acids is 2. The minimum atomic E-state index is -0.347. The molecule has 6 nitrogen and oxygen atoms in total. The molecule has 5 rings (SSSR count). The van der Waals surface area contributed by atoms with Gasteiger partial charge in [0.2, 0.25) is 0 Å². The lowest BCUT2D eigenvalue weighted by Crippen LogP contribution is -2.48. The topological polar surface area (TPSA) is 77.5 Å². The Labute approximate surface area is 207 Å². The van der Waals surface area contributed by atoms with Crippen LogP contribution in [0.15, 0.2) is 54.7 Å². The number of hydrogen-bond donors (Lipinski definition) is 1. The first-order chi connectivity index (χ1) is 17.0. The van der Waals surface area contributed by atoms with Crippen molar-refractivity contribution < 1.29 is 19.1 Å². The molecule has 0 bridgehead atoms. The van der Waals surface area contributed by atoms with Crippen molar-refractivity contribution in [2.75, 3.05) is 6.61 Å². The summed E-state index contributed by atoms with van der Waals surface area (Å²) in [5, 5.41) is 3.02. The Morgan fingerprint density at radius 2 is 1.97 bits per heavy atom. The minimum absolute atomic E-state index is 0.0647. The van der Waals surface area contributed by atoms with E-state index in [0.717, 1.165) is 42.5 Å². The van der Waals surface area contributed by atoms with Crippen LogP contribution in [0.25, 0.3) is 17.2 Å². The number of cyclic esters (lactones) is 1. The van der Waals surface area contributed by atoms with Crippen LogP contribution in [-0.4, -0.2) is 35.8 Å². The minimum Gasteiger partial charge on any atom is -0.462 e. The van der Waals surface area contributed by atoms with Crippen molar-refractivity contribution in [3.05, 3.63) is 60.4 Å². The molecule has 184 valence electrons. The second-order valence-corrected chi connectivity index (χ2v) is 10.1. The summed E-state index contributed by atoms with van der Waals surface area (Å²) in [6, 6.07) is 14.5. The van der Waals surface area contributed by atoms with Crippen molar-refractivity contribution in [1.29, 1.82) is 0 Å². The Morgan fingerprint density at radius 1 is 1.14 bits per heavy atom. The molecule has 7 atom stereocenters. The molecule has 1 aromatic carbocycles. The number of fused-ring (bicyclic) bond motifs is 2. The second kappa shape index (κ2) is 10.2. The van der Waals surface area contributed by atoms with Crippen LogP contribution in [0.1, 0.15) is 45.2 Å². The molecule has 0 spiro atoms. The molecule has 2 heterocycles. The van der Waals surface area contributed by atoms with Crippen molar-refractivity contribution >= 4 is 18.1 Å². The van der Waals surface area contributed by atoms with Gasteiger partial charge in [-0.1, -0.05) is 42.5 Å². The summed E-state index contributed by atoms with van der Waals surface area (Å²) in [6.07, 6.45) is 9.53. The molecule has 0 radical (unpaired) electrons. The van der Waals surface area contributed by atoms with Crippen LogP contribution in [-0.2, 0) is 14.3 Å². The zero-order chi connectivity index (χ0) is 24.4. The molecule has 1 aromatic heterocycles. The maximum Gasteiger partial charge on any atom is 0.407 e. The molecular formula is C29H34N2O4. The molecule has 1 aliphatic heterocycles. The molecule has 1 amide bonds. The van der Waals surface area contributed by atoms with Gasteiger partial charge in [-0.15, -0.1) is 0 Å². The van der Waals surface area contributed by atoms with Crippen molar-refractivity contribution in [3.63, 3.8) is 0 Å².